The van der Waals surface area contributed by atoms with Gasteiger partial charge in [0.15, 0.2) is 0 Å². The molecule has 3 aliphatic rings. The highest BCUT2D eigenvalue weighted by Gasteiger charge is 2.44. The maximum absolute atomic E-state index is 12.8. The number of hydrogen-bond acceptors (Lipinski definition) is 6. The average Bonchev–Trinajstić information content (AvgIpc) is 3.34. The van der Waals surface area contributed by atoms with Gasteiger partial charge < -0.3 is 21.7 Å². The molecule has 4 aromatic rings. The Bertz CT molecular complexity index is 1560. The van der Waals surface area contributed by atoms with Crippen LogP contribution in [0.3, 0.4) is 0 Å². The fraction of sp³-hybridized carbons (Fsp3) is 0.364. The van der Waals surface area contributed by atoms with Crippen LogP contribution in [-0.2, 0) is 6.54 Å². The molecule has 2 unspecified atom stereocenters. The maximum atomic E-state index is 12.8. The summed E-state index contributed by atoms with van der Waals surface area (Å²) in [5.74, 6) is 0. The normalized spacial score (nSPS) is 21.7. The first kappa shape index (κ1) is 25.8. The molecule has 0 spiro atoms. The Balaban J connectivity index is 1.08. The first-order valence-corrected chi connectivity index (χ1v) is 14.9. The fourth-order valence-corrected chi connectivity index (χ4v) is 6.95. The number of amides is 2. The molecule has 7 rings (SSSR count). The number of piperidine rings is 1. The van der Waals surface area contributed by atoms with Crippen molar-refractivity contribution in [3.05, 3.63) is 72.3 Å². The molecule has 1 aliphatic carbocycles. The monoisotopic (exact) mass is 547 g/mol. The Labute approximate surface area is 240 Å². The lowest BCUT2D eigenvalue weighted by atomic mass is 9.89. The summed E-state index contributed by atoms with van der Waals surface area (Å²) in [4.78, 5) is 27.4. The van der Waals surface area contributed by atoms with E-state index in [1.54, 1.807) is 12.1 Å². The summed E-state index contributed by atoms with van der Waals surface area (Å²) in [7, 11) is 0. The standard InChI is InChI=1S/C33H37N7O/c34-25-18-28-29(19-26(25)35)37-32(31(36-28)22-6-2-1-3-7-22)23-12-10-21(11-13-23)20-39-16-14-24(15-17-39)40-30-9-5-4-8-27(30)38-33(40)41/h1-3,6-7,10-13,18-19,24,27,30H,4-5,8-9,14-17,20,34-35H2,(H,38,41). The number of fused-ring (bicyclic) bond motifs is 2. The molecule has 5 N–H and O–H groups in total. The van der Waals surface area contributed by atoms with Crippen molar-refractivity contribution in [2.45, 2.75) is 63.2 Å². The third-order valence-corrected chi connectivity index (χ3v) is 9.13. The molecule has 3 aromatic carbocycles. The molecule has 0 bridgehead atoms. The van der Waals surface area contributed by atoms with Gasteiger partial charge in [-0.3, -0.25) is 4.90 Å². The number of nitrogen functional groups attached to an aromatic ring is 2. The number of nitrogens with two attached hydrogens (primary N) is 2. The zero-order chi connectivity index (χ0) is 27.9. The molecular weight excluding hydrogens is 510 g/mol. The van der Waals surface area contributed by atoms with Crippen molar-refractivity contribution in [1.82, 2.24) is 25.1 Å². The molecule has 41 heavy (non-hydrogen) atoms. The van der Waals surface area contributed by atoms with Crippen LogP contribution in [0.5, 0.6) is 0 Å². The van der Waals surface area contributed by atoms with Gasteiger partial charge in [-0.1, -0.05) is 67.4 Å². The third-order valence-electron chi connectivity index (χ3n) is 9.13. The largest absolute Gasteiger partial charge is 0.397 e. The van der Waals surface area contributed by atoms with Gasteiger partial charge in [0.05, 0.1) is 45.9 Å². The van der Waals surface area contributed by atoms with E-state index < -0.39 is 0 Å². The van der Waals surface area contributed by atoms with E-state index in [1.807, 2.05) is 18.2 Å². The SMILES string of the molecule is Nc1cc2nc(-c3ccccc3)c(-c3ccc(CN4CCC(N5C(=O)NC6CCCCC65)CC4)cc3)nc2cc1N. The predicted octanol–water partition coefficient (Wildman–Crippen LogP) is 5.43. The number of nitrogens with one attached hydrogen (secondary N) is 1. The number of carbonyl (C=O) groups excluding carboxylic acids is 1. The van der Waals surface area contributed by atoms with Crippen LogP contribution in [-0.4, -0.2) is 57.0 Å². The van der Waals surface area contributed by atoms with E-state index in [9.17, 15) is 4.79 Å². The van der Waals surface area contributed by atoms with Crippen LogP contribution in [0.2, 0.25) is 0 Å². The number of nitrogens with zero attached hydrogens (tertiary/aromatic N) is 4. The summed E-state index contributed by atoms with van der Waals surface area (Å²) >= 11 is 0. The highest BCUT2D eigenvalue weighted by atomic mass is 16.2. The van der Waals surface area contributed by atoms with E-state index in [-0.39, 0.29) is 6.03 Å². The van der Waals surface area contributed by atoms with Crippen LogP contribution in [0, 0.1) is 0 Å². The van der Waals surface area contributed by atoms with Crippen LogP contribution in [0.1, 0.15) is 44.1 Å². The summed E-state index contributed by atoms with van der Waals surface area (Å²) in [5, 5.41) is 3.25. The molecule has 2 saturated heterocycles. The van der Waals surface area contributed by atoms with Gasteiger partial charge in [-0.25, -0.2) is 14.8 Å². The number of urea groups is 1. The minimum Gasteiger partial charge on any atom is -0.397 e. The molecule has 2 atom stereocenters. The summed E-state index contributed by atoms with van der Waals surface area (Å²) in [6.07, 6.45) is 6.82. The van der Waals surface area contributed by atoms with Gasteiger partial charge >= 0.3 is 6.03 Å². The van der Waals surface area contributed by atoms with Gasteiger partial charge in [0, 0.05) is 36.8 Å². The Morgan fingerprint density at radius 3 is 2.05 bits per heavy atom. The quantitative estimate of drug-likeness (QED) is 0.287. The minimum absolute atomic E-state index is 0.161. The van der Waals surface area contributed by atoms with Gasteiger partial charge in [-0.2, -0.15) is 0 Å². The predicted molar refractivity (Wildman–Crippen MR) is 164 cm³/mol. The maximum Gasteiger partial charge on any atom is 0.318 e. The molecule has 210 valence electrons. The van der Waals surface area contributed by atoms with E-state index >= 15 is 0 Å². The van der Waals surface area contributed by atoms with Crippen molar-refractivity contribution in [1.29, 1.82) is 0 Å². The molecule has 2 amide bonds. The molecule has 0 radical (unpaired) electrons. The Morgan fingerprint density at radius 1 is 0.780 bits per heavy atom. The third kappa shape index (κ3) is 4.97. The van der Waals surface area contributed by atoms with E-state index in [4.69, 9.17) is 21.4 Å². The van der Waals surface area contributed by atoms with E-state index in [0.717, 1.165) is 78.9 Å². The van der Waals surface area contributed by atoms with Gasteiger partial charge in [0.2, 0.25) is 0 Å². The zero-order valence-corrected chi connectivity index (χ0v) is 23.3. The van der Waals surface area contributed by atoms with E-state index in [0.29, 0.717) is 29.5 Å². The number of rotatable bonds is 5. The highest BCUT2D eigenvalue weighted by Crippen LogP contribution is 2.34. The zero-order valence-electron chi connectivity index (χ0n) is 23.3. The first-order valence-electron chi connectivity index (χ1n) is 14.9. The Morgan fingerprint density at radius 2 is 1.39 bits per heavy atom. The van der Waals surface area contributed by atoms with Gasteiger partial charge in [0.25, 0.3) is 0 Å². The first-order chi connectivity index (χ1) is 20.0. The molecule has 1 saturated carbocycles. The fourth-order valence-electron chi connectivity index (χ4n) is 6.95. The highest BCUT2D eigenvalue weighted by molar-refractivity contribution is 5.90. The topological polar surface area (TPSA) is 113 Å². The van der Waals surface area contributed by atoms with Gasteiger partial charge in [-0.15, -0.1) is 0 Å². The van der Waals surface area contributed by atoms with Crippen LogP contribution in [0.25, 0.3) is 33.5 Å². The number of benzene rings is 3. The summed E-state index contributed by atoms with van der Waals surface area (Å²) in [6, 6.07) is 23.7. The summed E-state index contributed by atoms with van der Waals surface area (Å²) < 4.78 is 0. The molecule has 3 heterocycles. The number of hydrogen-bond donors (Lipinski definition) is 3. The van der Waals surface area contributed by atoms with Crippen molar-refractivity contribution < 1.29 is 4.79 Å². The molecule has 3 fully saturated rings. The van der Waals surface area contributed by atoms with E-state index in [2.05, 4.69) is 51.5 Å². The molecular formula is C33H37N7O. The Kier molecular flexibility index (Phi) is 6.71. The average molecular weight is 548 g/mol. The molecule has 1 aromatic heterocycles. The van der Waals surface area contributed by atoms with Crippen LogP contribution in [0.4, 0.5) is 16.2 Å². The lowest BCUT2D eigenvalue weighted by molar-refractivity contribution is 0.0991. The Hall–Kier alpha value is -4.17. The smallest absolute Gasteiger partial charge is 0.318 e. The summed E-state index contributed by atoms with van der Waals surface area (Å²) in [5.41, 5.74) is 19.6. The molecule has 8 nitrogen and oxygen atoms in total. The van der Waals surface area contributed by atoms with Crippen molar-refractivity contribution in [2.24, 2.45) is 0 Å². The number of carbonyl (C=O) groups is 1. The van der Waals surface area contributed by atoms with Crippen molar-refractivity contribution >= 4 is 28.4 Å². The second kappa shape index (κ2) is 10.7. The van der Waals surface area contributed by atoms with Gasteiger partial charge in [-0.05, 0) is 43.4 Å². The minimum atomic E-state index is 0.161. The van der Waals surface area contributed by atoms with Crippen molar-refractivity contribution in [2.75, 3.05) is 24.6 Å². The van der Waals surface area contributed by atoms with E-state index in [1.165, 1.54) is 18.4 Å². The molecule has 8 heteroatoms. The molecule has 2 aliphatic heterocycles. The van der Waals surface area contributed by atoms with Gasteiger partial charge in [0.1, 0.15) is 0 Å². The summed E-state index contributed by atoms with van der Waals surface area (Å²) in [6.45, 7) is 2.91. The lowest BCUT2D eigenvalue weighted by Gasteiger charge is -2.40. The van der Waals surface area contributed by atoms with Crippen LogP contribution < -0.4 is 16.8 Å². The second-order valence-corrected chi connectivity index (χ2v) is 11.8. The second-order valence-electron chi connectivity index (χ2n) is 11.8. The number of anilines is 2. The van der Waals surface area contributed by atoms with Crippen molar-refractivity contribution in [3.63, 3.8) is 0 Å². The number of aromatic nitrogens is 2. The lowest BCUT2D eigenvalue weighted by Crippen LogP contribution is -2.49. The number of likely N-dealkylation sites (tertiary alicyclic amines) is 1. The van der Waals surface area contributed by atoms with Crippen LogP contribution >= 0.6 is 0 Å². The van der Waals surface area contributed by atoms with Crippen LogP contribution in [0.15, 0.2) is 66.7 Å². The van der Waals surface area contributed by atoms with Crippen molar-refractivity contribution in [3.8, 4) is 22.5 Å².